The van der Waals surface area contributed by atoms with E-state index in [1.54, 1.807) is 0 Å². The lowest BCUT2D eigenvalue weighted by Gasteiger charge is -2.32. The maximum Gasteiger partial charge on any atom is 0.304 e. The summed E-state index contributed by atoms with van der Waals surface area (Å²) in [6.45, 7) is 6.68. The van der Waals surface area contributed by atoms with Crippen LogP contribution >= 0.6 is 0 Å². The zero-order valence-corrected chi connectivity index (χ0v) is 13.9. The zero-order valence-electron chi connectivity index (χ0n) is 13.9. The van der Waals surface area contributed by atoms with Gasteiger partial charge in [0.05, 0.1) is 12.1 Å². The van der Waals surface area contributed by atoms with Crippen molar-refractivity contribution in [3.63, 3.8) is 0 Å². The number of likely N-dealkylation sites (tertiary alicyclic amines) is 1. The molecule has 23 heavy (non-hydrogen) atoms. The number of carboxylic acids is 1. The first-order chi connectivity index (χ1) is 11.1. The molecule has 3 rings (SSSR count). The Kier molecular flexibility index (Phi) is 5.10. The third-order valence-electron chi connectivity index (χ3n) is 4.84. The smallest absolute Gasteiger partial charge is 0.304 e. The normalized spacial score (nSPS) is 22.5. The van der Waals surface area contributed by atoms with Gasteiger partial charge < -0.3 is 14.9 Å². The Bertz CT molecular complexity index is 558. The maximum atomic E-state index is 10.8. The van der Waals surface area contributed by atoms with E-state index in [0.29, 0.717) is 12.5 Å². The predicted molar refractivity (Wildman–Crippen MR) is 88.9 cm³/mol. The van der Waals surface area contributed by atoms with E-state index in [1.165, 1.54) is 12.8 Å². The van der Waals surface area contributed by atoms with Gasteiger partial charge >= 0.3 is 5.97 Å². The quantitative estimate of drug-likeness (QED) is 0.896. The first-order valence-corrected chi connectivity index (χ1v) is 8.66. The number of hydrogen-bond donors (Lipinski definition) is 1. The number of aliphatic carboxylic acids is 1. The van der Waals surface area contributed by atoms with Crippen LogP contribution in [0.15, 0.2) is 6.07 Å². The molecule has 6 heteroatoms. The third kappa shape index (κ3) is 4.19. The molecule has 6 nitrogen and oxygen atoms in total. The minimum atomic E-state index is -0.721. The number of hydrogen-bond acceptors (Lipinski definition) is 5. The van der Waals surface area contributed by atoms with Crippen LogP contribution in [-0.4, -0.2) is 58.7 Å². The topological polar surface area (TPSA) is 69.6 Å². The van der Waals surface area contributed by atoms with Crippen LogP contribution in [0.4, 0.5) is 5.82 Å². The summed E-state index contributed by atoms with van der Waals surface area (Å²) in [5.41, 5.74) is 1.12. The van der Waals surface area contributed by atoms with Crippen molar-refractivity contribution in [1.82, 2.24) is 14.9 Å². The van der Waals surface area contributed by atoms with E-state index in [4.69, 9.17) is 5.11 Å². The molecular weight excluding hydrogens is 292 g/mol. The van der Waals surface area contributed by atoms with Crippen LogP contribution in [0.1, 0.15) is 49.5 Å². The Labute approximate surface area is 137 Å². The number of anilines is 1. The van der Waals surface area contributed by atoms with E-state index in [0.717, 1.165) is 56.4 Å². The van der Waals surface area contributed by atoms with Gasteiger partial charge in [-0.3, -0.25) is 4.79 Å². The highest BCUT2D eigenvalue weighted by Gasteiger charge is 2.24. The molecule has 0 bridgehead atoms. The molecule has 2 aliphatic rings. The van der Waals surface area contributed by atoms with Gasteiger partial charge in [-0.15, -0.1) is 0 Å². The molecule has 1 aromatic heterocycles. The van der Waals surface area contributed by atoms with Crippen LogP contribution in [0.3, 0.4) is 0 Å². The highest BCUT2D eigenvalue weighted by atomic mass is 16.4. The van der Waals surface area contributed by atoms with Crippen molar-refractivity contribution < 1.29 is 9.90 Å². The Hall–Kier alpha value is -1.69. The minimum absolute atomic E-state index is 0.217. The summed E-state index contributed by atoms with van der Waals surface area (Å²) < 4.78 is 0. The van der Waals surface area contributed by atoms with Gasteiger partial charge in [0, 0.05) is 38.2 Å². The lowest BCUT2D eigenvalue weighted by molar-refractivity contribution is -0.137. The molecule has 2 aliphatic heterocycles. The summed E-state index contributed by atoms with van der Waals surface area (Å²) in [5.74, 6) is 1.57. The molecule has 126 valence electrons. The van der Waals surface area contributed by atoms with Crippen molar-refractivity contribution in [2.24, 2.45) is 0 Å². The van der Waals surface area contributed by atoms with E-state index >= 15 is 0 Å². The van der Waals surface area contributed by atoms with Gasteiger partial charge in [0.15, 0.2) is 0 Å². The number of nitrogens with zero attached hydrogens (tertiary/aromatic N) is 4. The van der Waals surface area contributed by atoms with Crippen LogP contribution in [0, 0.1) is 6.92 Å². The second-order valence-corrected chi connectivity index (χ2v) is 6.68. The third-order valence-corrected chi connectivity index (χ3v) is 4.84. The van der Waals surface area contributed by atoms with Crippen molar-refractivity contribution >= 4 is 11.8 Å². The summed E-state index contributed by atoms with van der Waals surface area (Å²) in [6.07, 6.45) is 4.93. The fraction of sp³-hybridized carbons (Fsp3) is 0.706. The van der Waals surface area contributed by atoms with Gasteiger partial charge in [0.2, 0.25) is 0 Å². The average Bonchev–Trinajstić information content (AvgIpc) is 3.07. The van der Waals surface area contributed by atoms with E-state index in [-0.39, 0.29) is 6.42 Å². The lowest BCUT2D eigenvalue weighted by atomic mass is 9.94. The number of piperidine rings is 1. The van der Waals surface area contributed by atoms with Crippen LogP contribution in [0.2, 0.25) is 0 Å². The molecule has 0 saturated carbocycles. The Morgan fingerprint density at radius 3 is 2.78 bits per heavy atom. The highest BCUT2D eigenvalue weighted by Crippen LogP contribution is 2.28. The average molecular weight is 318 g/mol. The van der Waals surface area contributed by atoms with Gasteiger partial charge in [-0.2, -0.15) is 0 Å². The highest BCUT2D eigenvalue weighted by molar-refractivity contribution is 5.66. The largest absolute Gasteiger partial charge is 0.481 e. The molecule has 0 radical (unpaired) electrons. The molecule has 2 saturated heterocycles. The van der Waals surface area contributed by atoms with Crippen LogP contribution in [0.5, 0.6) is 0 Å². The molecule has 1 aromatic rings. The van der Waals surface area contributed by atoms with Crippen LogP contribution in [0.25, 0.3) is 0 Å². The van der Waals surface area contributed by atoms with Crippen molar-refractivity contribution in [2.45, 2.75) is 44.9 Å². The fourth-order valence-corrected chi connectivity index (χ4v) is 3.65. The minimum Gasteiger partial charge on any atom is -0.481 e. The SMILES string of the molecule is Cc1nc([C@@H]2CCCN(CCC(=O)O)C2)cc(N2CCCC2)n1. The Balaban J connectivity index is 1.71. The first kappa shape index (κ1) is 16.2. The molecule has 3 heterocycles. The summed E-state index contributed by atoms with van der Waals surface area (Å²) >= 11 is 0. The molecule has 1 atom stereocenters. The summed E-state index contributed by atoms with van der Waals surface area (Å²) in [7, 11) is 0. The molecule has 0 unspecified atom stereocenters. The van der Waals surface area contributed by atoms with Gasteiger partial charge in [-0.25, -0.2) is 9.97 Å². The molecular formula is C17H26N4O2. The van der Waals surface area contributed by atoms with Crippen molar-refractivity contribution in [2.75, 3.05) is 37.6 Å². The Morgan fingerprint density at radius 1 is 1.26 bits per heavy atom. The number of carboxylic acid groups (broad SMARTS) is 1. The molecule has 0 aromatic carbocycles. The van der Waals surface area contributed by atoms with Crippen molar-refractivity contribution in [1.29, 1.82) is 0 Å². The van der Waals surface area contributed by atoms with E-state index < -0.39 is 5.97 Å². The molecule has 0 spiro atoms. The van der Waals surface area contributed by atoms with Crippen LogP contribution < -0.4 is 4.90 Å². The summed E-state index contributed by atoms with van der Waals surface area (Å²) in [4.78, 5) is 24.7. The van der Waals surface area contributed by atoms with E-state index in [9.17, 15) is 4.79 Å². The standard InChI is InChI=1S/C17H26N4O2/c1-13-18-15(11-16(19-13)21-8-2-3-9-21)14-5-4-7-20(12-14)10-6-17(22)23/h11,14H,2-10,12H2,1H3,(H,22,23)/t14-/m1/s1. The van der Waals surface area contributed by atoms with Gasteiger partial charge in [-0.05, 0) is 39.2 Å². The van der Waals surface area contributed by atoms with Gasteiger partial charge in [0.1, 0.15) is 11.6 Å². The predicted octanol–water partition coefficient (Wildman–Crippen LogP) is 2.04. The second kappa shape index (κ2) is 7.25. The maximum absolute atomic E-state index is 10.8. The number of aryl methyl sites for hydroxylation is 1. The van der Waals surface area contributed by atoms with Crippen molar-refractivity contribution in [3.05, 3.63) is 17.6 Å². The molecule has 0 amide bonds. The first-order valence-electron chi connectivity index (χ1n) is 8.66. The summed E-state index contributed by atoms with van der Waals surface area (Å²) in [5, 5.41) is 8.87. The van der Waals surface area contributed by atoms with E-state index in [2.05, 4.69) is 25.8 Å². The lowest BCUT2D eigenvalue weighted by Crippen LogP contribution is -2.36. The van der Waals surface area contributed by atoms with E-state index in [1.807, 2.05) is 6.92 Å². The Morgan fingerprint density at radius 2 is 2.04 bits per heavy atom. The second-order valence-electron chi connectivity index (χ2n) is 6.68. The number of rotatable bonds is 5. The van der Waals surface area contributed by atoms with Gasteiger partial charge in [0.25, 0.3) is 0 Å². The van der Waals surface area contributed by atoms with Crippen molar-refractivity contribution in [3.8, 4) is 0 Å². The fourth-order valence-electron chi connectivity index (χ4n) is 3.65. The monoisotopic (exact) mass is 318 g/mol. The van der Waals surface area contributed by atoms with Gasteiger partial charge in [-0.1, -0.05) is 0 Å². The summed E-state index contributed by atoms with van der Waals surface area (Å²) in [6, 6.07) is 2.16. The number of carbonyl (C=O) groups is 1. The molecule has 0 aliphatic carbocycles. The zero-order chi connectivity index (χ0) is 16.2. The molecule has 2 fully saturated rings. The number of aromatic nitrogens is 2. The van der Waals surface area contributed by atoms with Crippen LogP contribution in [-0.2, 0) is 4.79 Å². The molecule has 1 N–H and O–H groups in total.